The fraction of sp³-hybridized carbons (Fsp3) is 0.368. The lowest BCUT2D eigenvalue weighted by Crippen LogP contribution is -2.47. The average molecular weight is 432 g/mol. The van der Waals surface area contributed by atoms with Gasteiger partial charge in [-0.3, -0.25) is 14.2 Å². The van der Waals surface area contributed by atoms with Gasteiger partial charge in [-0.15, -0.1) is 0 Å². The molecule has 0 unspecified atom stereocenters. The highest BCUT2D eigenvalue weighted by Crippen LogP contribution is 2.19. The number of aryl methyl sites for hydroxylation is 1. The van der Waals surface area contributed by atoms with Gasteiger partial charge in [0.05, 0.1) is 0 Å². The lowest BCUT2D eigenvalue weighted by atomic mass is 10.0. The lowest BCUT2D eigenvalue weighted by Gasteiger charge is -2.36. The van der Waals surface area contributed by atoms with E-state index < -0.39 is 0 Å². The van der Waals surface area contributed by atoms with Gasteiger partial charge in [-0.25, -0.2) is 9.67 Å². The summed E-state index contributed by atoms with van der Waals surface area (Å²) in [4.78, 5) is 31.9. The van der Waals surface area contributed by atoms with E-state index in [0.717, 1.165) is 5.56 Å². The van der Waals surface area contributed by atoms with Gasteiger partial charge in [0.25, 0.3) is 5.56 Å². The number of carbonyl (C=O) groups excluding carboxylic acids is 1. The molecule has 1 amide bonds. The third-order valence-corrected chi connectivity index (χ3v) is 4.92. The van der Waals surface area contributed by atoms with Crippen LogP contribution in [0.15, 0.2) is 46.1 Å². The third-order valence-electron chi connectivity index (χ3n) is 4.37. The van der Waals surface area contributed by atoms with Crippen LogP contribution in [-0.4, -0.2) is 35.7 Å². The Kier molecular flexibility index (Phi) is 5.19. The molecule has 27 heavy (non-hydrogen) atoms. The Balaban J connectivity index is 1.92. The van der Waals surface area contributed by atoms with Gasteiger partial charge < -0.3 is 4.90 Å². The molecule has 2 heterocycles. The predicted octanol–water partition coefficient (Wildman–Crippen LogP) is 2.72. The summed E-state index contributed by atoms with van der Waals surface area (Å²) in [6.07, 6.45) is 1.40. The van der Waals surface area contributed by atoms with Crippen LogP contribution in [-0.2, 0) is 24.9 Å². The van der Waals surface area contributed by atoms with E-state index >= 15 is 0 Å². The Morgan fingerprint density at radius 2 is 1.89 bits per heavy atom. The first-order valence-electron chi connectivity index (χ1n) is 8.60. The Labute approximate surface area is 165 Å². The van der Waals surface area contributed by atoms with Crippen LogP contribution in [0, 0.1) is 0 Å². The van der Waals surface area contributed by atoms with E-state index in [0.29, 0.717) is 22.2 Å². The van der Waals surface area contributed by atoms with Crippen LogP contribution in [0.3, 0.4) is 0 Å². The minimum atomic E-state index is -0.386. The fourth-order valence-corrected chi connectivity index (χ4v) is 3.53. The van der Waals surface area contributed by atoms with Gasteiger partial charge in [0.2, 0.25) is 5.91 Å². The Hall–Kier alpha value is -2.48. The second kappa shape index (κ2) is 7.26. The number of rotatable bonds is 4. The summed E-state index contributed by atoms with van der Waals surface area (Å²) in [5, 5.41) is 4.54. The van der Waals surface area contributed by atoms with E-state index in [-0.39, 0.29) is 23.6 Å². The molecule has 0 radical (unpaired) electrons. The monoisotopic (exact) mass is 431 g/mol. The van der Waals surface area contributed by atoms with Crippen molar-refractivity contribution in [3.8, 4) is 0 Å². The quantitative estimate of drug-likeness (QED) is 0.636. The van der Waals surface area contributed by atoms with Crippen LogP contribution >= 0.6 is 15.9 Å². The molecule has 0 saturated carbocycles. The maximum atomic E-state index is 13.0. The van der Waals surface area contributed by atoms with Crippen molar-refractivity contribution in [2.24, 2.45) is 7.05 Å². The number of benzene rings is 1. The summed E-state index contributed by atoms with van der Waals surface area (Å²) >= 11 is 3.29. The van der Waals surface area contributed by atoms with Gasteiger partial charge in [-0.05, 0) is 42.3 Å². The first-order valence-corrected chi connectivity index (χ1v) is 9.40. The van der Waals surface area contributed by atoms with Crippen molar-refractivity contribution in [3.05, 3.63) is 57.2 Å². The van der Waals surface area contributed by atoms with Crippen molar-refractivity contribution in [2.45, 2.75) is 39.4 Å². The molecule has 7 nitrogen and oxygen atoms in total. The van der Waals surface area contributed by atoms with Gasteiger partial charge in [-0.1, -0.05) is 30.3 Å². The zero-order valence-corrected chi connectivity index (χ0v) is 17.4. The molecule has 0 bridgehead atoms. The van der Waals surface area contributed by atoms with Crippen molar-refractivity contribution in [1.29, 1.82) is 0 Å². The van der Waals surface area contributed by atoms with Crippen molar-refractivity contribution in [2.75, 3.05) is 0 Å². The molecule has 0 aliphatic rings. The van der Waals surface area contributed by atoms with E-state index in [2.05, 4.69) is 26.0 Å². The molecule has 0 saturated heterocycles. The molecular formula is C19H22BrN5O2. The number of hydrogen-bond donors (Lipinski definition) is 0. The van der Waals surface area contributed by atoms with Crippen molar-refractivity contribution in [1.82, 2.24) is 24.2 Å². The highest BCUT2D eigenvalue weighted by molar-refractivity contribution is 9.10. The summed E-state index contributed by atoms with van der Waals surface area (Å²) in [7, 11) is 1.72. The highest BCUT2D eigenvalue weighted by Gasteiger charge is 2.27. The maximum absolute atomic E-state index is 13.0. The predicted molar refractivity (Wildman–Crippen MR) is 107 cm³/mol. The zero-order chi connectivity index (χ0) is 19.8. The number of aromatic nitrogens is 4. The fourth-order valence-electron chi connectivity index (χ4n) is 2.94. The highest BCUT2D eigenvalue weighted by atomic mass is 79.9. The normalized spacial score (nSPS) is 11.7. The molecule has 0 aliphatic carbocycles. The number of fused-ring (bicyclic) bond motifs is 1. The van der Waals surface area contributed by atoms with Crippen molar-refractivity contribution < 1.29 is 4.79 Å². The van der Waals surface area contributed by atoms with E-state index in [4.69, 9.17) is 0 Å². The molecule has 0 atom stereocenters. The summed E-state index contributed by atoms with van der Waals surface area (Å²) < 4.78 is 3.29. The Morgan fingerprint density at radius 1 is 1.22 bits per heavy atom. The van der Waals surface area contributed by atoms with E-state index in [9.17, 15) is 9.59 Å². The van der Waals surface area contributed by atoms with Gasteiger partial charge in [0.1, 0.15) is 22.9 Å². The average Bonchev–Trinajstić information content (AvgIpc) is 2.89. The molecule has 1 aromatic carbocycles. The molecule has 0 N–H and O–H groups in total. The molecule has 142 valence electrons. The first-order chi connectivity index (χ1) is 12.7. The molecule has 3 rings (SSSR count). The largest absolute Gasteiger partial charge is 0.332 e. The summed E-state index contributed by atoms with van der Waals surface area (Å²) in [6.45, 7) is 6.35. The number of carbonyl (C=O) groups is 1. The number of hydrogen-bond acceptors (Lipinski definition) is 4. The zero-order valence-electron chi connectivity index (χ0n) is 15.8. The second-order valence-corrected chi connectivity index (χ2v) is 8.18. The van der Waals surface area contributed by atoms with Gasteiger partial charge in [0.15, 0.2) is 5.65 Å². The Morgan fingerprint density at radius 3 is 2.52 bits per heavy atom. The van der Waals surface area contributed by atoms with Crippen LogP contribution < -0.4 is 5.56 Å². The summed E-state index contributed by atoms with van der Waals surface area (Å²) in [5.41, 5.74) is 0.842. The number of amides is 1. The number of nitrogens with zero attached hydrogens (tertiary/aromatic N) is 5. The van der Waals surface area contributed by atoms with Gasteiger partial charge >= 0.3 is 0 Å². The van der Waals surface area contributed by atoms with Gasteiger partial charge in [0, 0.05) is 19.1 Å². The first kappa shape index (κ1) is 19.3. The van der Waals surface area contributed by atoms with E-state index in [1.54, 1.807) is 11.9 Å². The van der Waals surface area contributed by atoms with Crippen LogP contribution in [0.25, 0.3) is 11.0 Å². The van der Waals surface area contributed by atoms with Crippen LogP contribution in [0.1, 0.15) is 26.3 Å². The summed E-state index contributed by atoms with van der Waals surface area (Å²) in [6, 6.07) is 9.81. The van der Waals surface area contributed by atoms with Crippen LogP contribution in [0.2, 0.25) is 0 Å². The van der Waals surface area contributed by atoms with Crippen molar-refractivity contribution in [3.63, 3.8) is 0 Å². The molecule has 3 aromatic rings. The third kappa shape index (κ3) is 3.95. The number of halogens is 1. The molecule has 0 fully saturated rings. The lowest BCUT2D eigenvalue weighted by molar-refractivity contribution is -0.137. The van der Waals surface area contributed by atoms with Crippen LogP contribution in [0.5, 0.6) is 0 Å². The van der Waals surface area contributed by atoms with Gasteiger partial charge in [-0.2, -0.15) is 5.10 Å². The van der Waals surface area contributed by atoms with Crippen molar-refractivity contribution >= 4 is 32.9 Å². The summed E-state index contributed by atoms with van der Waals surface area (Å²) in [5.74, 6) is -0.144. The maximum Gasteiger partial charge on any atom is 0.266 e. The van der Waals surface area contributed by atoms with Crippen LogP contribution in [0.4, 0.5) is 0 Å². The molecule has 2 aromatic heterocycles. The molecule has 0 aliphatic heterocycles. The molecule has 8 heteroatoms. The van der Waals surface area contributed by atoms with E-state index in [1.807, 2.05) is 51.1 Å². The van der Waals surface area contributed by atoms with E-state index in [1.165, 1.54) is 15.6 Å². The standard InChI is InChI=1S/C19H22BrN5O2/c1-19(2,3)25(10-13-8-6-5-7-9-13)14(26)11-24-12-21-17-15(18(24)27)16(20)22-23(17)4/h5-9,12H,10-11H2,1-4H3. The second-order valence-electron chi connectivity index (χ2n) is 7.43. The molecule has 0 spiro atoms. The smallest absolute Gasteiger partial charge is 0.266 e. The minimum Gasteiger partial charge on any atom is -0.332 e. The Bertz CT molecular complexity index is 1030. The SMILES string of the molecule is Cn1nc(Br)c2c(=O)n(CC(=O)N(Cc3ccccc3)C(C)(C)C)cnc21. The topological polar surface area (TPSA) is 73.0 Å². The minimum absolute atomic E-state index is 0.0762. The molecular weight excluding hydrogens is 410 g/mol.